The summed E-state index contributed by atoms with van der Waals surface area (Å²) in [7, 11) is 0. The van der Waals surface area contributed by atoms with Crippen molar-refractivity contribution in [2.45, 2.75) is 6.92 Å². The van der Waals surface area contributed by atoms with Crippen LogP contribution in [-0.4, -0.2) is 11.1 Å². The number of anilines is 1. The molecule has 1 heterocycles. The molecule has 0 atom stereocenters. The SMILES string of the molecule is Cc1cccc(NC(=O)/C(C#N)=C/c2ccc3noc(-c4ccccc4)c3c2)c1. The van der Waals surface area contributed by atoms with Crippen molar-refractivity contribution in [1.82, 2.24) is 5.16 Å². The Morgan fingerprint density at radius 2 is 1.90 bits per heavy atom. The number of nitriles is 1. The second kappa shape index (κ2) is 7.83. The minimum absolute atomic E-state index is 0.0172. The van der Waals surface area contributed by atoms with Crippen LogP contribution in [0.5, 0.6) is 0 Å². The maximum Gasteiger partial charge on any atom is 0.266 e. The van der Waals surface area contributed by atoms with E-state index in [1.807, 2.05) is 73.7 Å². The summed E-state index contributed by atoms with van der Waals surface area (Å²) in [6.45, 7) is 1.94. The van der Waals surface area contributed by atoms with Crippen molar-refractivity contribution in [2.24, 2.45) is 0 Å². The van der Waals surface area contributed by atoms with Crippen LogP contribution in [0.15, 0.2) is 82.9 Å². The van der Waals surface area contributed by atoms with Crippen LogP contribution in [0.4, 0.5) is 5.69 Å². The summed E-state index contributed by atoms with van der Waals surface area (Å²) in [5.41, 5.74) is 4.03. The predicted octanol–water partition coefficient (Wildman–Crippen LogP) is 5.35. The molecule has 0 saturated carbocycles. The average molecular weight is 379 g/mol. The molecule has 140 valence electrons. The number of fused-ring (bicyclic) bond motifs is 1. The summed E-state index contributed by atoms with van der Waals surface area (Å²) >= 11 is 0. The predicted molar refractivity (Wildman–Crippen MR) is 113 cm³/mol. The van der Waals surface area contributed by atoms with E-state index >= 15 is 0 Å². The highest BCUT2D eigenvalue weighted by Gasteiger charge is 2.13. The molecule has 0 radical (unpaired) electrons. The van der Waals surface area contributed by atoms with E-state index in [9.17, 15) is 10.1 Å². The number of aryl methyl sites for hydroxylation is 1. The Morgan fingerprint density at radius 1 is 1.07 bits per heavy atom. The number of nitrogens with zero attached hydrogens (tertiary/aromatic N) is 2. The van der Waals surface area contributed by atoms with Crippen molar-refractivity contribution in [3.63, 3.8) is 0 Å². The van der Waals surface area contributed by atoms with Gasteiger partial charge in [0.1, 0.15) is 17.2 Å². The van der Waals surface area contributed by atoms with E-state index in [4.69, 9.17) is 4.52 Å². The minimum Gasteiger partial charge on any atom is -0.355 e. The van der Waals surface area contributed by atoms with E-state index in [1.165, 1.54) is 0 Å². The van der Waals surface area contributed by atoms with Gasteiger partial charge in [0.2, 0.25) is 0 Å². The molecule has 0 fully saturated rings. The van der Waals surface area contributed by atoms with Crippen LogP contribution in [0, 0.1) is 18.3 Å². The number of nitrogens with one attached hydrogen (secondary N) is 1. The summed E-state index contributed by atoms with van der Waals surface area (Å²) in [4.78, 5) is 12.5. The molecule has 0 aliphatic carbocycles. The normalized spacial score (nSPS) is 11.2. The van der Waals surface area contributed by atoms with E-state index in [0.717, 1.165) is 16.5 Å². The summed E-state index contributed by atoms with van der Waals surface area (Å²) in [6, 6.07) is 24.6. The maximum atomic E-state index is 12.5. The van der Waals surface area contributed by atoms with Crippen LogP contribution in [0.2, 0.25) is 0 Å². The molecular formula is C24H17N3O2. The van der Waals surface area contributed by atoms with Crippen LogP contribution in [0.3, 0.4) is 0 Å². The second-order valence-electron chi connectivity index (χ2n) is 6.65. The van der Waals surface area contributed by atoms with Crippen molar-refractivity contribution in [1.29, 1.82) is 5.26 Å². The lowest BCUT2D eigenvalue weighted by atomic mass is 10.0. The number of hydrogen-bond donors (Lipinski definition) is 1. The zero-order valence-corrected chi connectivity index (χ0v) is 15.7. The minimum atomic E-state index is -0.452. The van der Waals surface area contributed by atoms with Gasteiger partial charge in [-0.2, -0.15) is 5.26 Å². The molecule has 1 aromatic heterocycles. The lowest BCUT2D eigenvalue weighted by molar-refractivity contribution is -0.112. The summed E-state index contributed by atoms with van der Waals surface area (Å²) in [6.07, 6.45) is 1.56. The van der Waals surface area contributed by atoms with Gasteiger partial charge in [-0.15, -0.1) is 0 Å². The van der Waals surface area contributed by atoms with Gasteiger partial charge in [0, 0.05) is 11.3 Å². The lowest BCUT2D eigenvalue weighted by Crippen LogP contribution is -2.13. The first-order valence-corrected chi connectivity index (χ1v) is 9.09. The van der Waals surface area contributed by atoms with Crippen molar-refractivity contribution in [2.75, 3.05) is 5.32 Å². The van der Waals surface area contributed by atoms with Gasteiger partial charge in [-0.05, 0) is 48.4 Å². The number of benzene rings is 3. The van der Waals surface area contributed by atoms with Gasteiger partial charge in [0.05, 0.1) is 5.39 Å². The van der Waals surface area contributed by atoms with Crippen LogP contribution in [-0.2, 0) is 4.79 Å². The molecule has 4 aromatic rings. The van der Waals surface area contributed by atoms with Gasteiger partial charge in [0.15, 0.2) is 5.76 Å². The second-order valence-corrected chi connectivity index (χ2v) is 6.65. The van der Waals surface area contributed by atoms with Crippen LogP contribution in [0.25, 0.3) is 28.3 Å². The fourth-order valence-corrected chi connectivity index (χ4v) is 3.08. The monoisotopic (exact) mass is 379 g/mol. The number of carbonyl (C=O) groups excluding carboxylic acids is 1. The smallest absolute Gasteiger partial charge is 0.266 e. The molecule has 29 heavy (non-hydrogen) atoms. The molecule has 0 aliphatic rings. The van der Waals surface area contributed by atoms with E-state index in [1.54, 1.807) is 18.2 Å². The van der Waals surface area contributed by atoms with Gasteiger partial charge in [-0.3, -0.25) is 4.79 Å². The molecule has 4 rings (SSSR count). The van der Waals surface area contributed by atoms with Gasteiger partial charge in [-0.1, -0.05) is 53.7 Å². The first-order valence-electron chi connectivity index (χ1n) is 9.09. The molecule has 1 N–H and O–H groups in total. The molecule has 5 heteroatoms. The Morgan fingerprint density at radius 3 is 2.66 bits per heavy atom. The quantitative estimate of drug-likeness (QED) is 0.383. The van der Waals surface area contributed by atoms with Crippen molar-refractivity contribution < 1.29 is 9.32 Å². The fraction of sp³-hybridized carbons (Fsp3) is 0.0417. The summed E-state index contributed by atoms with van der Waals surface area (Å²) in [5.74, 6) is 0.199. The average Bonchev–Trinajstić information content (AvgIpc) is 3.16. The number of amides is 1. The highest BCUT2D eigenvalue weighted by molar-refractivity contribution is 6.10. The highest BCUT2D eigenvalue weighted by Crippen LogP contribution is 2.29. The van der Waals surface area contributed by atoms with E-state index < -0.39 is 5.91 Å². The summed E-state index contributed by atoms with van der Waals surface area (Å²) < 4.78 is 5.51. The molecule has 1 amide bonds. The number of carbonyl (C=O) groups is 1. The molecule has 0 unspecified atom stereocenters. The Kier molecular flexibility index (Phi) is 4.91. The molecule has 3 aromatic carbocycles. The number of rotatable bonds is 4. The standard InChI is InChI=1S/C24H17N3O2/c1-16-6-5-9-20(12-16)26-24(28)19(15-25)13-17-10-11-22-21(14-17)23(29-27-22)18-7-3-2-4-8-18/h2-14H,1H3,(H,26,28)/b19-13+. The molecule has 0 spiro atoms. The zero-order chi connectivity index (χ0) is 20.2. The van der Waals surface area contributed by atoms with Crippen molar-refractivity contribution in [3.05, 3.63) is 89.5 Å². The lowest BCUT2D eigenvalue weighted by Gasteiger charge is -2.05. The molecule has 0 bridgehead atoms. The molecular weight excluding hydrogens is 362 g/mol. The van der Waals surface area contributed by atoms with Gasteiger partial charge in [0.25, 0.3) is 5.91 Å². The number of hydrogen-bond acceptors (Lipinski definition) is 4. The Balaban J connectivity index is 1.67. The Labute approximate surface area is 167 Å². The Bertz CT molecular complexity index is 1260. The van der Waals surface area contributed by atoms with Crippen molar-refractivity contribution >= 4 is 28.6 Å². The van der Waals surface area contributed by atoms with Gasteiger partial charge in [-0.25, -0.2) is 0 Å². The van der Waals surface area contributed by atoms with Gasteiger partial charge < -0.3 is 9.84 Å². The van der Waals surface area contributed by atoms with E-state index in [-0.39, 0.29) is 5.57 Å². The highest BCUT2D eigenvalue weighted by atomic mass is 16.5. The maximum absolute atomic E-state index is 12.5. The third-order valence-corrected chi connectivity index (χ3v) is 4.49. The first-order chi connectivity index (χ1) is 14.1. The third kappa shape index (κ3) is 3.92. The largest absolute Gasteiger partial charge is 0.355 e. The van der Waals surface area contributed by atoms with Crippen LogP contribution >= 0.6 is 0 Å². The zero-order valence-electron chi connectivity index (χ0n) is 15.7. The van der Waals surface area contributed by atoms with E-state index in [2.05, 4.69) is 10.5 Å². The van der Waals surface area contributed by atoms with Gasteiger partial charge >= 0.3 is 0 Å². The van der Waals surface area contributed by atoms with E-state index in [0.29, 0.717) is 22.5 Å². The third-order valence-electron chi connectivity index (χ3n) is 4.49. The molecule has 0 aliphatic heterocycles. The fourth-order valence-electron chi connectivity index (χ4n) is 3.08. The molecule has 0 saturated heterocycles. The molecule has 5 nitrogen and oxygen atoms in total. The van der Waals surface area contributed by atoms with Crippen LogP contribution < -0.4 is 5.32 Å². The topological polar surface area (TPSA) is 78.9 Å². The Hall–Kier alpha value is -4.17. The first kappa shape index (κ1) is 18.2. The summed E-state index contributed by atoms with van der Waals surface area (Å²) in [5, 5.41) is 17.2. The van der Waals surface area contributed by atoms with Crippen molar-refractivity contribution in [3.8, 4) is 17.4 Å². The van der Waals surface area contributed by atoms with Crippen LogP contribution in [0.1, 0.15) is 11.1 Å². The number of aromatic nitrogens is 1.